The summed E-state index contributed by atoms with van der Waals surface area (Å²) in [5.41, 5.74) is -2.25. The molecule has 0 aliphatic heterocycles. The smallest absolute Gasteiger partial charge is 0.505 e. The Morgan fingerprint density at radius 1 is 1.18 bits per heavy atom. The van der Waals surface area contributed by atoms with Gasteiger partial charge in [0.2, 0.25) is 5.88 Å². The van der Waals surface area contributed by atoms with Gasteiger partial charge in [-0.3, -0.25) is 0 Å². The summed E-state index contributed by atoms with van der Waals surface area (Å²) in [6, 6.07) is 0.554. The molecule has 0 atom stereocenters. The molecule has 17 heavy (non-hydrogen) atoms. The molecule has 0 aliphatic rings. The van der Waals surface area contributed by atoms with E-state index in [1.165, 1.54) is 0 Å². The van der Waals surface area contributed by atoms with Gasteiger partial charge in [-0.1, -0.05) is 0 Å². The van der Waals surface area contributed by atoms with Crippen LogP contribution in [0.25, 0.3) is 0 Å². The largest absolute Gasteiger partial charge is 0.574 e. The first kappa shape index (κ1) is 13.4. The second-order valence-corrected chi connectivity index (χ2v) is 3.02. The van der Waals surface area contributed by atoms with E-state index in [1.54, 1.807) is 0 Å². The van der Waals surface area contributed by atoms with Crippen LogP contribution < -0.4 is 4.74 Å². The standard InChI is InChI=1S/C8H5F6NO2/c1-3-2-4(17-8(12,13)14)15-6(5(3)16)7(9,10)11/h2,16H,1H3. The maximum Gasteiger partial charge on any atom is 0.574 e. The van der Waals surface area contributed by atoms with Gasteiger partial charge in [0.15, 0.2) is 5.69 Å². The Balaban J connectivity index is 3.25. The molecule has 0 amide bonds. The zero-order valence-corrected chi connectivity index (χ0v) is 8.15. The number of hydrogen-bond acceptors (Lipinski definition) is 3. The van der Waals surface area contributed by atoms with Gasteiger partial charge in [0, 0.05) is 6.07 Å². The van der Waals surface area contributed by atoms with Gasteiger partial charge in [0.1, 0.15) is 5.75 Å². The van der Waals surface area contributed by atoms with Gasteiger partial charge in [-0.15, -0.1) is 13.2 Å². The van der Waals surface area contributed by atoms with Gasteiger partial charge in [0.05, 0.1) is 0 Å². The van der Waals surface area contributed by atoms with Crippen molar-refractivity contribution >= 4 is 0 Å². The van der Waals surface area contributed by atoms with Crippen molar-refractivity contribution < 1.29 is 36.2 Å². The highest BCUT2D eigenvalue weighted by molar-refractivity contribution is 5.40. The van der Waals surface area contributed by atoms with Crippen LogP contribution in [0.3, 0.4) is 0 Å². The lowest BCUT2D eigenvalue weighted by Gasteiger charge is -2.13. The third kappa shape index (κ3) is 3.40. The minimum Gasteiger partial charge on any atom is -0.505 e. The molecule has 0 spiro atoms. The summed E-state index contributed by atoms with van der Waals surface area (Å²) in [6.45, 7) is 0.996. The molecule has 0 aromatic carbocycles. The highest BCUT2D eigenvalue weighted by Crippen LogP contribution is 2.38. The molecule has 0 saturated carbocycles. The minimum atomic E-state index is -5.15. The van der Waals surface area contributed by atoms with Crippen LogP contribution in [0.15, 0.2) is 6.07 Å². The summed E-state index contributed by atoms with van der Waals surface area (Å²) in [6.07, 6.45) is -10.2. The first-order valence-corrected chi connectivity index (χ1v) is 4.04. The fraction of sp³-hybridized carbons (Fsp3) is 0.375. The maximum absolute atomic E-state index is 12.3. The Bertz CT molecular complexity index is 425. The van der Waals surface area contributed by atoms with Crippen molar-refractivity contribution in [2.24, 2.45) is 0 Å². The summed E-state index contributed by atoms with van der Waals surface area (Å²) in [4.78, 5) is 2.57. The molecule has 1 rings (SSSR count). The normalized spacial score (nSPS) is 12.6. The topological polar surface area (TPSA) is 42.4 Å². The van der Waals surface area contributed by atoms with E-state index in [-0.39, 0.29) is 0 Å². The van der Waals surface area contributed by atoms with Crippen molar-refractivity contribution in [3.63, 3.8) is 0 Å². The van der Waals surface area contributed by atoms with Crippen LogP contribution in [0.1, 0.15) is 11.3 Å². The second-order valence-electron chi connectivity index (χ2n) is 3.02. The molecule has 1 aromatic heterocycles. The highest BCUT2D eigenvalue weighted by Gasteiger charge is 2.39. The Hall–Kier alpha value is -1.67. The Kier molecular flexibility index (Phi) is 3.13. The van der Waals surface area contributed by atoms with E-state index in [1.807, 2.05) is 0 Å². The van der Waals surface area contributed by atoms with Crippen molar-refractivity contribution in [2.45, 2.75) is 19.5 Å². The molecule has 1 aromatic rings. The van der Waals surface area contributed by atoms with Crippen molar-refractivity contribution in [3.05, 3.63) is 17.3 Å². The fourth-order valence-electron chi connectivity index (χ4n) is 1.00. The molecular formula is C8H5F6NO2. The van der Waals surface area contributed by atoms with E-state index in [0.29, 0.717) is 6.07 Å². The molecular weight excluding hydrogens is 256 g/mol. The zero-order valence-electron chi connectivity index (χ0n) is 8.15. The predicted molar refractivity (Wildman–Crippen MR) is 42.3 cm³/mol. The van der Waals surface area contributed by atoms with E-state index in [4.69, 9.17) is 5.11 Å². The van der Waals surface area contributed by atoms with Crippen LogP contribution in [-0.4, -0.2) is 16.5 Å². The number of nitrogens with zero attached hydrogens (tertiary/aromatic N) is 1. The molecule has 96 valence electrons. The molecule has 9 heteroatoms. The average Bonchev–Trinajstić information content (AvgIpc) is 2.06. The zero-order chi connectivity index (χ0) is 13.4. The number of hydrogen-bond donors (Lipinski definition) is 1. The lowest BCUT2D eigenvalue weighted by atomic mass is 10.2. The summed E-state index contributed by atoms with van der Waals surface area (Å²) in [5.74, 6) is -2.51. The number of pyridine rings is 1. The lowest BCUT2D eigenvalue weighted by molar-refractivity contribution is -0.276. The summed E-state index contributed by atoms with van der Waals surface area (Å²) < 4.78 is 75.5. The predicted octanol–water partition coefficient (Wildman–Crippen LogP) is 3.01. The van der Waals surface area contributed by atoms with Gasteiger partial charge in [-0.2, -0.15) is 13.2 Å². The number of ether oxygens (including phenoxy) is 1. The third-order valence-corrected chi connectivity index (χ3v) is 1.65. The SMILES string of the molecule is Cc1cc(OC(F)(F)F)nc(C(F)(F)F)c1O. The van der Waals surface area contributed by atoms with Crippen molar-refractivity contribution in [2.75, 3.05) is 0 Å². The molecule has 0 radical (unpaired) electrons. The molecule has 1 heterocycles. The fourth-order valence-corrected chi connectivity index (χ4v) is 1.00. The van der Waals surface area contributed by atoms with E-state index < -0.39 is 35.4 Å². The Morgan fingerprint density at radius 2 is 1.71 bits per heavy atom. The number of aryl methyl sites for hydroxylation is 1. The Labute approximate surface area is 90.6 Å². The molecule has 0 saturated heterocycles. The van der Waals surface area contributed by atoms with E-state index in [2.05, 4.69) is 9.72 Å². The van der Waals surface area contributed by atoms with Crippen LogP contribution in [-0.2, 0) is 6.18 Å². The van der Waals surface area contributed by atoms with Crippen molar-refractivity contribution in [3.8, 4) is 11.6 Å². The third-order valence-electron chi connectivity index (χ3n) is 1.65. The number of rotatable bonds is 1. The number of aromatic nitrogens is 1. The minimum absolute atomic E-state index is 0.424. The van der Waals surface area contributed by atoms with Crippen LogP contribution in [0.4, 0.5) is 26.3 Å². The van der Waals surface area contributed by atoms with Crippen LogP contribution >= 0.6 is 0 Å². The maximum atomic E-state index is 12.3. The first-order chi connectivity index (χ1) is 7.50. The van der Waals surface area contributed by atoms with Crippen LogP contribution in [0.5, 0.6) is 11.6 Å². The molecule has 0 fully saturated rings. The van der Waals surface area contributed by atoms with Crippen LogP contribution in [0.2, 0.25) is 0 Å². The summed E-state index contributed by atoms with van der Waals surface area (Å²) in [5, 5.41) is 9.04. The molecule has 0 unspecified atom stereocenters. The van der Waals surface area contributed by atoms with Gasteiger partial charge in [0.25, 0.3) is 0 Å². The molecule has 1 N–H and O–H groups in total. The molecule has 0 bridgehead atoms. The second kappa shape index (κ2) is 3.97. The van der Waals surface area contributed by atoms with Crippen molar-refractivity contribution in [1.29, 1.82) is 0 Å². The van der Waals surface area contributed by atoms with Crippen LogP contribution in [0, 0.1) is 6.92 Å². The van der Waals surface area contributed by atoms with Gasteiger partial charge in [-0.05, 0) is 12.5 Å². The highest BCUT2D eigenvalue weighted by atomic mass is 19.4. The van der Waals surface area contributed by atoms with E-state index in [9.17, 15) is 26.3 Å². The van der Waals surface area contributed by atoms with Gasteiger partial charge >= 0.3 is 12.5 Å². The quantitative estimate of drug-likeness (QED) is 0.790. The molecule has 0 aliphatic carbocycles. The number of alkyl halides is 6. The van der Waals surface area contributed by atoms with Gasteiger partial charge < -0.3 is 9.84 Å². The Morgan fingerprint density at radius 3 is 2.12 bits per heavy atom. The number of aromatic hydroxyl groups is 1. The van der Waals surface area contributed by atoms with Gasteiger partial charge in [-0.25, -0.2) is 4.98 Å². The first-order valence-electron chi connectivity index (χ1n) is 4.04. The average molecular weight is 261 g/mol. The summed E-state index contributed by atoms with van der Waals surface area (Å²) >= 11 is 0. The van der Waals surface area contributed by atoms with Crippen molar-refractivity contribution in [1.82, 2.24) is 4.98 Å². The summed E-state index contributed by atoms with van der Waals surface area (Å²) in [7, 11) is 0. The van der Waals surface area contributed by atoms with E-state index >= 15 is 0 Å². The molecule has 3 nitrogen and oxygen atoms in total. The van der Waals surface area contributed by atoms with E-state index in [0.717, 1.165) is 6.92 Å². The number of halogens is 6. The lowest BCUT2D eigenvalue weighted by Crippen LogP contribution is -2.19. The monoisotopic (exact) mass is 261 g/mol.